The standard InChI is InChI=1S/C11H13F/c1-9(2)11(12)8-10-6-4-3-5-7-10/h3-9H,1-2H3/b11-8+. The highest BCUT2D eigenvalue weighted by molar-refractivity contribution is 5.50. The summed E-state index contributed by atoms with van der Waals surface area (Å²) >= 11 is 0. The van der Waals surface area contributed by atoms with Gasteiger partial charge in [0.05, 0.1) is 0 Å². The Morgan fingerprint density at radius 3 is 2.33 bits per heavy atom. The maximum absolute atomic E-state index is 13.1. The van der Waals surface area contributed by atoms with Crippen LogP contribution in [-0.2, 0) is 0 Å². The first-order valence-corrected chi connectivity index (χ1v) is 4.12. The molecule has 0 aliphatic heterocycles. The lowest BCUT2D eigenvalue weighted by Gasteiger charge is -1.99. The third-order valence-electron chi connectivity index (χ3n) is 1.66. The van der Waals surface area contributed by atoms with Crippen molar-refractivity contribution in [2.24, 2.45) is 5.92 Å². The minimum atomic E-state index is -0.0683. The highest BCUT2D eigenvalue weighted by atomic mass is 19.1. The zero-order chi connectivity index (χ0) is 8.97. The summed E-state index contributed by atoms with van der Waals surface area (Å²) < 4.78 is 13.1. The van der Waals surface area contributed by atoms with Crippen molar-refractivity contribution in [3.05, 3.63) is 41.7 Å². The van der Waals surface area contributed by atoms with Crippen LogP contribution in [-0.4, -0.2) is 0 Å². The van der Waals surface area contributed by atoms with Gasteiger partial charge in [0.25, 0.3) is 0 Å². The van der Waals surface area contributed by atoms with E-state index in [2.05, 4.69) is 0 Å². The first kappa shape index (κ1) is 8.98. The van der Waals surface area contributed by atoms with Crippen molar-refractivity contribution in [1.29, 1.82) is 0 Å². The quantitative estimate of drug-likeness (QED) is 0.625. The van der Waals surface area contributed by atoms with E-state index in [0.29, 0.717) is 0 Å². The zero-order valence-electron chi connectivity index (χ0n) is 7.42. The van der Waals surface area contributed by atoms with Gasteiger partial charge in [-0.3, -0.25) is 0 Å². The molecule has 0 nitrogen and oxygen atoms in total. The number of allylic oxidation sites excluding steroid dienone is 1. The largest absolute Gasteiger partial charge is 0.212 e. The Balaban J connectivity index is 2.81. The van der Waals surface area contributed by atoms with Crippen LogP contribution in [0.25, 0.3) is 6.08 Å². The van der Waals surface area contributed by atoms with E-state index >= 15 is 0 Å². The molecule has 0 saturated carbocycles. The van der Waals surface area contributed by atoms with Crippen molar-refractivity contribution in [2.75, 3.05) is 0 Å². The smallest absolute Gasteiger partial charge is 0.103 e. The van der Waals surface area contributed by atoms with Gasteiger partial charge in [-0.1, -0.05) is 44.2 Å². The molecule has 0 bridgehead atoms. The molecule has 0 spiro atoms. The average molecular weight is 164 g/mol. The third kappa shape index (κ3) is 2.50. The summed E-state index contributed by atoms with van der Waals surface area (Å²) in [6.07, 6.45) is 1.57. The van der Waals surface area contributed by atoms with E-state index in [9.17, 15) is 4.39 Å². The lowest BCUT2D eigenvalue weighted by molar-refractivity contribution is 0.527. The van der Waals surface area contributed by atoms with Gasteiger partial charge in [0.1, 0.15) is 5.83 Å². The van der Waals surface area contributed by atoms with Crippen molar-refractivity contribution in [3.63, 3.8) is 0 Å². The molecule has 64 valence electrons. The summed E-state index contributed by atoms with van der Waals surface area (Å²) in [5, 5.41) is 0. The fraction of sp³-hybridized carbons (Fsp3) is 0.273. The molecule has 0 aromatic heterocycles. The molecule has 0 radical (unpaired) electrons. The van der Waals surface area contributed by atoms with Crippen molar-refractivity contribution in [1.82, 2.24) is 0 Å². The average Bonchev–Trinajstić information content (AvgIpc) is 2.06. The van der Waals surface area contributed by atoms with E-state index in [1.54, 1.807) is 6.08 Å². The summed E-state index contributed by atoms with van der Waals surface area (Å²) in [6.45, 7) is 3.68. The maximum atomic E-state index is 13.1. The fourth-order valence-corrected chi connectivity index (χ4v) is 0.875. The van der Waals surface area contributed by atoms with Crippen LogP contribution in [0.2, 0.25) is 0 Å². The van der Waals surface area contributed by atoms with E-state index < -0.39 is 0 Å². The molecule has 0 atom stereocenters. The molecule has 12 heavy (non-hydrogen) atoms. The summed E-state index contributed by atoms with van der Waals surface area (Å²) in [6, 6.07) is 9.51. The van der Waals surface area contributed by atoms with Crippen LogP contribution in [0.4, 0.5) is 4.39 Å². The number of rotatable bonds is 2. The van der Waals surface area contributed by atoms with Crippen molar-refractivity contribution < 1.29 is 4.39 Å². The molecule has 0 fully saturated rings. The molecule has 1 aromatic rings. The Kier molecular flexibility index (Phi) is 3.03. The Morgan fingerprint density at radius 1 is 1.25 bits per heavy atom. The monoisotopic (exact) mass is 164 g/mol. The molecule has 1 aromatic carbocycles. The molecular formula is C11H13F. The molecule has 1 heteroatoms. The van der Waals surface area contributed by atoms with Crippen LogP contribution in [0.5, 0.6) is 0 Å². The van der Waals surface area contributed by atoms with Crippen LogP contribution in [0, 0.1) is 5.92 Å². The first-order chi connectivity index (χ1) is 5.70. The fourth-order valence-electron chi connectivity index (χ4n) is 0.875. The van der Waals surface area contributed by atoms with E-state index in [-0.39, 0.29) is 11.7 Å². The second-order valence-electron chi connectivity index (χ2n) is 3.09. The van der Waals surface area contributed by atoms with Crippen molar-refractivity contribution in [3.8, 4) is 0 Å². The molecule has 1 rings (SSSR count). The molecule has 0 N–H and O–H groups in total. The van der Waals surface area contributed by atoms with Crippen LogP contribution in [0.15, 0.2) is 36.2 Å². The summed E-state index contributed by atoms with van der Waals surface area (Å²) in [5.41, 5.74) is 0.920. The van der Waals surface area contributed by atoms with Gasteiger partial charge in [0.2, 0.25) is 0 Å². The van der Waals surface area contributed by atoms with Crippen molar-refractivity contribution in [2.45, 2.75) is 13.8 Å². The van der Waals surface area contributed by atoms with E-state index in [0.717, 1.165) is 5.56 Å². The molecule has 0 aliphatic carbocycles. The third-order valence-corrected chi connectivity index (χ3v) is 1.66. The molecule has 0 aliphatic rings. The van der Waals surface area contributed by atoms with E-state index in [4.69, 9.17) is 0 Å². The van der Waals surface area contributed by atoms with Crippen LogP contribution in [0.3, 0.4) is 0 Å². The lowest BCUT2D eigenvalue weighted by Crippen LogP contribution is -1.86. The van der Waals surface area contributed by atoms with Gasteiger partial charge in [-0.15, -0.1) is 0 Å². The van der Waals surface area contributed by atoms with Gasteiger partial charge < -0.3 is 0 Å². The molecule has 0 unspecified atom stereocenters. The van der Waals surface area contributed by atoms with Gasteiger partial charge in [-0.2, -0.15) is 0 Å². The molecular weight excluding hydrogens is 151 g/mol. The number of hydrogen-bond acceptors (Lipinski definition) is 0. The van der Waals surface area contributed by atoms with E-state index in [1.807, 2.05) is 44.2 Å². The number of benzene rings is 1. The highest BCUT2D eigenvalue weighted by Gasteiger charge is 1.99. The number of halogens is 1. The van der Waals surface area contributed by atoms with Crippen molar-refractivity contribution >= 4 is 6.08 Å². The van der Waals surface area contributed by atoms with Gasteiger partial charge in [0, 0.05) is 5.92 Å². The van der Waals surface area contributed by atoms with Gasteiger partial charge in [0.15, 0.2) is 0 Å². The molecule has 0 saturated heterocycles. The Morgan fingerprint density at radius 2 is 1.83 bits per heavy atom. The molecule has 0 amide bonds. The van der Waals surface area contributed by atoms with Gasteiger partial charge in [-0.05, 0) is 11.6 Å². The second-order valence-corrected chi connectivity index (χ2v) is 3.09. The van der Waals surface area contributed by atoms with E-state index in [1.165, 1.54) is 0 Å². The first-order valence-electron chi connectivity index (χ1n) is 4.12. The maximum Gasteiger partial charge on any atom is 0.103 e. The summed E-state index contributed by atoms with van der Waals surface area (Å²) in [5.74, 6) is -0.0913. The summed E-state index contributed by atoms with van der Waals surface area (Å²) in [4.78, 5) is 0. The topological polar surface area (TPSA) is 0 Å². The minimum absolute atomic E-state index is 0.0230. The predicted molar refractivity (Wildman–Crippen MR) is 50.4 cm³/mol. The van der Waals surface area contributed by atoms with Gasteiger partial charge in [-0.25, -0.2) is 4.39 Å². The SMILES string of the molecule is CC(C)/C(F)=C\c1ccccc1. The zero-order valence-corrected chi connectivity index (χ0v) is 7.42. The van der Waals surface area contributed by atoms with Gasteiger partial charge >= 0.3 is 0 Å². The summed E-state index contributed by atoms with van der Waals surface area (Å²) in [7, 11) is 0. The lowest BCUT2D eigenvalue weighted by atomic mass is 10.1. The Labute approximate surface area is 72.7 Å². The normalized spacial score (nSPS) is 12.2. The van der Waals surface area contributed by atoms with Crippen LogP contribution >= 0.6 is 0 Å². The van der Waals surface area contributed by atoms with Crippen LogP contribution in [0.1, 0.15) is 19.4 Å². The molecule has 0 heterocycles. The van der Waals surface area contributed by atoms with Crippen LogP contribution < -0.4 is 0 Å². The number of hydrogen-bond donors (Lipinski definition) is 0. The minimum Gasteiger partial charge on any atom is -0.212 e. The predicted octanol–water partition coefficient (Wildman–Crippen LogP) is 3.65. The Bertz CT molecular complexity index is 260. The Hall–Kier alpha value is -1.11. The highest BCUT2D eigenvalue weighted by Crippen LogP contribution is 2.14. The second kappa shape index (κ2) is 4.05.